The average molecular weight is 393 g/mol. The lowest BCUT2D eigenvalue weighted by Crippen LogP contribution is -2.31. The number of nitrogens with one attached hydrogen (secondary N) is 1. The Morgan fingerprint density at radius 2 is 1.90 bits per heavy atom. The van der Waals surface area contributed by atoms with Gasteiger partial charge in [-0.2, -0.15) is 14.8 Å². The molecule has 1 saturated heterocycles. The molecule has 4 heterocycles. The molecule has 0 spiro atoms. The van der Waals surface area contributed by atoms with Gasteiger partial charge < -0.3 is 10.2 Å². The molecule has 0 radical (unpaired) electrons. The fourth-order valence-electron chi connectivity index (χ4n) is 3.54. The molecule has 29 heavy (non-hydrogen) atoms. The van der Waals surface area contributed by atoms with Crippen molar-refractivity contribution in [3.05, 3.63) is 48.7 Å². The zero-order valence-corrected chi connectivity index (χ0v) is 15.9. The number of hydrogen-bond acceptors (Lipinski definition) is 7. The third kappa shape index (κ3) is 3.54. The third-order valence-corrected chi connectivity index (χ3v) is 5.18. The monoisotopic (exact) mass is 393 g/mol. The lowest BCUT2D eigenvalue weighted by atomic mass is 10.1. The summed E-state index contributed by atoms with van der Waals surface area (Å²) < 4.78 is 16.8. The van der Waals surface area contributed by atoms with E-state index in [0.29, 0.717) is 28.8 Å². The summed E-state index contributed by atoms with van der Waals surface area (Å²) in [6, 6.07) is 6.42. The number of likely N-dealkylation sites (tertiary alicyclic amines) is 1. The van der Waals surface area contributed by atoms with Crippen LogP contribution in [0.2, 0.25) is 0 Å². The lowest BCUT2D eigenvalue weighted by Gasteiger charge is -2.28. The van der Waals surface area contributed by atoms with E-state index in [-0.39, 0.29) is 5.82 Å². The van der Waals surface area contributed by atoms with Crippen LogP contribution in [0.15, 0.2) is 42.9 Å². The van der Waals surface area contributed by atoms with Crippen molar-refractivity contribution in [3.63, 3.8) is 0 Å². The van der Waals surface area contributed by atoms with Gasteiger partial charge in [0.1, 0.15) is 5.82 Å². The first-order valence-electron chi connectivity index (χ1n) is 9.50. The van der Waals surface area contributed by atoms with Gasteiger partial charge >= 0.3 is 0 Å². The molecule has 0 unspecified atom stereocenters. The molecule has 10 heteroatoms. The number of aromatic nitrogens is 7. The van der Waals surface area contributed by atoms with E-state index in [1.807, 2.05) is 10.9 Å². The molecule has 0 amide bonds. The average Bonchev–Trinajstić information content (AvgIpc) is 3.36. The maximum Gasteiger partial charge on any atom is 0.229 e. The van der Waals surface area contributed by atoms with Crippen LogP contribution in [-0.2, 0) is 0 Å². The van der Waals surface area contributed by atoms with E-state index in [1.54, 1.807) is 29.2 Å². The Bertz CT molecular complexity index is 1130. The number of benzene rings is 1. The Balaban J connectivity index is 1.38. The second kappa shape index (κ2) is 7.21. The molecule has 148 valence electrons. The number of piperidine rings is 1. The number of nitrogens with zero attached hydrogens (tertiary/aromatic N) is 8. The van der Waals surface area contributed by atoms with Gasteiger partial charge in [0.05, 0.1) is 29.8 Å². The third-order valence-electron chi connectivity index (χ3n) is 5.18. The highest BCUT2D eigenvalue weighted by Crippen LogP contribution is 2.23. The predicted molar refractivity (Wildman–Crippen MR) is 106 cm³/mol. The van der Waals surface area contributed by atoms with Crippen LogP contribution in [0.1, 0.15) is 18.9 Å². The predicted octanol–water partition coefficient (Wildman–Crippen LogP) is 2.56. The van der Waals surface area contributed by atoms with E-state index in [9.17, 15) is 4.39 Å². The molecule has 0 atom stereocenters. The van der Waals surface area contributed by atoms with Crippen molar-refractivity contribution in [2.75, 3.05) is 25.5 Å². The van der Waals surface area contributed by atoms with Crippen LogP contribution >= 0.6 is 0 Å². The van der Waals surface area contributed by atoms with Crippen molar-refractivity contribution in [1.29, 1.82) is 0 Å². The molecule has 1 fully saturated rings. The standard InChI is InChI=1S/C19H20FN9/c1-27-8-6-15(7-9-27)28-12-14(10-22-28)23-19-21-11-17-18(24-19)29(26-25-17)16-4-2-13(20)3-5-16/h2-5,10-12,15H,6-9H2,1H3,(H,21,23,24). The Morgan fingerprint density at radius 3 is 2.69 bits per heavy atom. The highest BCUT2D eigenvalue weighted by Gasteiger charge is 2.19. The quantitative estimate of drug-likeness (QED) is 0.570. The minimum Gasteiger partial charge on any atom is -0.321 e. The van der Waals surface area contributed by atoms with Crippen LogP contribution in [-0.4, -0.2) is 59.8 Å². The Hall–Kier alpha value is -3.40. The minimum absolute atomic E-state index is 0.309. The van der Waals surface area contributed by atoms with Crippen LogP contribution in [0.3, 0.4) is 0 Å². The first kappa shape index (κ1) is 17.7. The van der Waals surface area contributed by atoms with Gasteiger partial charge in [0, 0.05) is 6.20 Å². The summed E-state index contributed by atoms with van der Waals surface area (Å²) >= 11 is 0. The summed E-state index contributed by atoms with van der Waals surface area (Å²) in [6.45, 7) is 2.15. The SMILES string of the molecule is CN1CCC(n2cc(Nc3ncc4nnn(-c5ccc(F)cc5)c4n3)cn2)CC1. The highest BCUT2D eigenvalue weighted by atomic mass is 19.1. The van der Waals surface area contributed by atoms with Crippen LogP contribution in [0.25, 0.3) is 16.9 Å². The van der Waals surface area contributed by atoms with Gasteiger partial charge in [-0.05, 0) is 57.2 Å². The van der Waals surface area contributed by atoms with Gasteiger partial charge in [0.2, 0.25) is 5.95 Å². The van der Waals surface area contributed by atoms with Crippen LogP contribution < -0.4 is 5.32 Å². The topological polar surface area (TPSA) is 89.6 Å². The Morgan fingerprint density at radius 1 is 1.10 bits per heavy atom. The molecule has 9 nitrogen and oxygen atoms in total. The van der Waals surface area contributed by atoms with Crippen molar-refractivity contribution in [1.82, 2.24) is 39.6 Å². The number of fused-ring (bicyclic) bond motifs is 1. The summed E-state index contributed by atoms with van der Waals surface area (Å²) in [6.07, 6.45) is 7.55. The van der Waals surface area contributed by atoms with Gasteiger partial charge in [-0.3, -0.25) is 4.68 Å². The zero-order chi connectivity index (χ0) is 19.8. The van der Waals surface area contributed by atoms with E-state index in [4.69, 9.17) is 0 Å². The molecule has 1 aromatic carbocycles. The molecule has 0 saturated carbocycles. The first-order chi connectivity index (χ1) is 14.2. The smallest absolute Gasteiger partial charge is 0.229 e. The van der Waals surface area contributed by atoms with Crippen LogP contribution in [0, 0.1) is 5.82 Å². The normalized spacial score (nSPS) is 15.8. The van der Waals surface area contributed by atoms with E-state index in [1.165, 1.54) is 12.1 Å². The van der Waals surface area contributed by atoms with Gasteiger partial charge in [-0.1, -0.05) is 5.21 Å². The second-order valence-electron chi connectivity index (χ2n) is 7.25. The Kier molecular flexibility index (Phi) is 4.39. The molecule has 0 bridgehead atoms. The molecule has 1 aliphatic rings. The Labute approximate surface area is 166 Å². The molecule has 1 N–H and O–H groups in total. The van der Waals surface area contributed by atoms with Gasteiger partial charge in [0.25, 0.3) is 0 Å². The van der Waals surface area contributed by atoms with E-state index in [0.717, 1.165) is 31.6 Å². The first-order valence-corrected chi connectivity index (χ1v) is 9.50. The number of rotatable bonds is 4. The van der Waals surface area contributed by atoms with Crippen molar-refractivity contribution in [2.45, 2.75) is 18.9 Å². The van der Waals surface area contributed by atoms with Crippen LogP contribution in [0.4, 0.5) is 16.0 Å². The summed E-state index contributed by atoms with van der Waals surface area (Å²) in [4.78, 5) is 11.2. The maximum absolute atomic E-state index is 13.2. The number of anilines is 2. The molecule has 3 aromatic heterocycles. The summed E-state index contributed by atoms with van der Waals surface area (Å²) in [7, 11) is 2.14. The summed E-state index contributed by atoms with van der Waals surface area (Å²) in [5, 5.41) is 15.9. The second-order valence-corrected chi connectivity index (χ2v) is 7.25. The molecule has 1 aliphatic heterocycles. The van der Waals surface area contributed by atoms with Gasteiger partial charge in [-0.15, -0.1) is 5.10 Å². The van der Waals surface area contributed by atoms with Crippen molar-refractivity contribution in [2.24, 2.45) is 0 Å². The van der Waals surface area contributed by atoms with Gasteiger partial charge in [0.15, 0.2) is 11.2 Å². The fraction of sp³-hybridized carbons (Fsp3) is 0.316. The lowest BCUT2D eigenvalue weighted by molar-refractivity contribution is 0.212. The summed E-state index contributed by atoms with van der Waals surface area (Å²) in [5.41, 5.74) is 2.59. The molecule has 0 aliphatic carbocycles. The maximum atomic E-state index is 13.2. The van der Waals surface area contributed by atoms with E-state index < -0.39 is 0 Å². The molecule has 4 aromatic rings. The highest BCUT2D eigenvalue weighted by molar-refractivity contribution is 5.72. The fourth-order valence-corrected chi connectivity index (χ4v) is 3.54. The van der Waals surface area contributed by atoms with E-state index in [2.05, 4.69) is 42.6 Å². The van der Waals surface area contributed by atoms with Crippen molar-refractivity contribution < 1.29 is 4.39 Å². The molecular formula is C19H20FN9. The summed E-state index contributed by atoms with van der Waals surface area (Å²) in [5.74, 6) is 0.114. The van der Waals surface area contributed by atoms with E-state index >= 15 is 0 Å². The van der Waals surface area contributed by atoms with Crippen molar-refractivity contribution >= 4 is 22.8 Å². The van der Waals surface area contributed by atoms with Crippen LogP contribution in [0.5, 0.6) is 0 Å². The number of hydrogen-bond donors (Lipinski definition) is 1. The molecule has 5 rings (SSSR count). The zero-order valence-electron chi connectivity index (χ0n) is 15.9. The molecular weight excluding hydrogens is 373 g/mol. The minimum atomic E-state index is -0.309. The van der Waals surface area contributed by atoms with Crippen molar-refractivity contribution in [3.8, 4) is 5.69 Å². The van der Waals surface area contributed by atoms with Gasteiger partial charge in [-0.25, -0.2) is 9.37 Å². The largest absolute Gasteiger partial charge is 0.321 e. The number of halogens is 1.